The van der Waals surface area contributed by atoms with E-state index in [1.165, 1.54) is 11.3 Å². The number of aromatic amines is 1. The van der Waals surface area contributed by atoms with Crippen LogP contribution in [0.4, 0.5) is 0 Å². The molecule has 0 aromatic carbocycles. The Hall–Kier alpha value is -1.24. The van der Waals surface area contributed by atoms with Crippen molar-refractivity contribution < 1.29 is 5.11 Å². The van der Waals surface area contributed by atoms with Gasteiger partial charge in [0.2, 0.25) is 0 Å². The van der Waals surface area contributed by atoms with Gasteiger partial charge in [0.05, 0.1) is 18.2 Å². The van der Waals surface area contributed by atoms with Crippen molar-refractivity contribution in [1.82, 2.24) is 14.9 Å². The number of aromatic nitrogens is 2. The second-order valence-corrected chi connectivity index (χ2v) is 6.83. The maximum atomic E-state index is 11.9. The molecular weight excluding hydrogens is 274 g/mol. The first kappa shape index (κ1) is 12.5. The molecule has 2 N–H and O–H groups in total. The molecule has 5 nitrogen and oxygen atoms in total. The summed E-state index contributed by atoms with van der Waals surface area (Å²) in [6.45, 7) is 2.59. The van der Waals surface area contributed by atoms with Crippen LogP contribution in [0.3, 0.4) is 0 Å². The summed E-state index contributed by atoms with van der Waals surface area (Å²) in [6, 6.07) is 1.89. The standard InChI is InChI=1S/C14H17N3O2S/c18-11-2-1-8-5-17(6-9(8)11)7-12-15-10-3-4-20-13(10)14(19)16-12/h3-4,8-9,11,18H,1-2,5-7H2,(H,15,16,19). The molecule has 0 radical (unpaired) electrons. The Balaban J connectivity index is 1.55. The van der Waals surface area contributed by atoms with Crippen LogP contribution in [-0.2, 0) is 6.54 Å². The zero-order chi connectivity index (χ0) is 13.7. The van der Waals surface area contributed by atoms with E-state index in [0.717, 1.165) is 37.3 Å². The van der Waals surface area contributed by atoms with Crippen molar-refractivity contribution in [2.45, 2.75) is 25.5 Å². The molecule has 3 heterocycles. The third-order valence-corrected chi connectivity index (χ3v) is 5.53. The summed E-state index contributed by atoms with van der Waals surface area (Å²) in [5, 5.41) is 11.8. The maximum absolute atomic E-state index is 11.9. The molecule has 1 aliphatic heterocycles. The van der Waals surface area contributed by atoms with Gasteiger partial charge in [-0.15, -0.1) is 11.3 Å². The van der Waals surface area contributed by atoms with Crippen molar-refractivity contribution in [3.8, 4) is 0 Å². The Kier molecular flexibility index (Phi) is 2.90. The second-order valence-electron chi connectivity index (χ2n) is 5.91. The fourth-order valence-electron chi connectivity index (χ4n) is 3.67. The number of rotatable bonds is 2. The average Bonchev–Trinajstić information content (AvgIpc) is 3.08. The SMILES string of the molecule is O=c1[nH]c(CN2CC3CCC(O)C3C2)nc2ccsc12. The van der Waals surface area contributed by atoms with Crippen LogP contribution in [0.15, 0.2) is 16.2 Å². The Bertz CT molecular complexity index is 695. The summed E-state index contributed by atoms with van der Waals surface area (Å²) in [4.78, 5) is 21.6. The minimum atomic E-state index is -0.142. The molecule has 0 amide bonds. The Morgan fingerprint density at radius 1 is 1.45 bits per heavy atom. The minimum absolute atomic E-state index is 0.0422. The third-order valence-electron chi connectivity index (χ3n) is 4.63. The number of H-pyrrole nitrogens is 1. The van der Waals surface area contributed by atoms with Gasteiger partial charge in [-0.1, -0.05) is 0 Å². The van der Waals surface area contributed by atoms with Crippen molar-refractivity contribution in [1.29, 1.82) is 0 Å². The maximum Gasteiger partial charge on any atom is 0.268 e. The predicted molar refractivity (Wildman–Crippen MR) is 77.7 cm³/mol. The van der Waals surface area contributed by atoms with E-state index in [-0.39, 0.29) is 11.7 Å². The van der Waals surface area contributed by atoms with Gasteiger partial charge < -0.3 is 10.1 Å². The number of nitrogens with one attached hydrogen (secondary N) is 1. The number of aliphatic hydroxyl groups excluding tert-OH is 1. The Morgan fingerprint density at radius 3 is 3.20 bits per heavy atom. The molecule has 0 bridgehead atoms. The lowest BCUT2D eigenvalue weighted by Gasteiger charge is -2.17. The van der Waals surface area contributed by atoms with E-state index in [0.29, 0.717) is 23.1 Å². The highest BCUT2D eigenvalue weighted by Crippen LogP contribution is 2.38. The van der Waals surface area contributed by atoms with E-state index in [9.17, 15) is 9.90 Å². The first-order valence-electron chi connectivity index (χ1n) is 7.07. The quantitative estimate of drug-likeness (QED) is 0.872. The Labute approximate surface area is 120 Å². The molecule has 1 saturated heterocycles. The molecule has 106 valence electrons. The van der Waals surface area contributed by atoms with Gasteiger partial charge in [-0.25, -0.2) is 4.98 Å². The van der Waals surface area contributed by atoms with E-state index in [2.05, 4.69) is 14.9 Å². The topological polar surface area (TPSA) is 69.2 Å². The molecular formula is C14H17N3O2S. The van der Waals surface area contributed by atoms with Crippen LogP contribution in [0.2, 0.25) is 0 Å². The molecule has 3 unspecified atom stereocenters. The van der Waals surface area contributed by atoms with Crippen LogP contribution in [0.1, 0.15) is 18.7 Å². The van der Waals surface area contributed by atoms with Crippen LogP contribution in [0.25, 0.3) is 10.2 Å². The van der Waals surface area contributed by atoms with E-state index in [1.807, 2.05) is 11.4 Å². The van der Waals surface area contributed by atoms with Gasteiger partial charge >= 0.3 is 0 Å². The largest absolute Gasteiger partial charge is 0.393 e. The highest BCUT2D eigenvalue weighted by atomic mass is 32.1. The van der Waals surface area contributed by atoms with Crippen LogP contribution < -0.4 is 5.56 Å². The summed E-state index contributed by atoms with van der Waals surface area (Å²) >= 11 is 1.43. The number of nitrogens with zero attached hydrogens (tertiary/aromatic N) is 2. The number of hydrogen-bond acceptors (Lipinski definition) is 5. The second kappa shape index (κ2) is 4.65. The molecule has 20 heavy (non-hydrogen) atoms. The first-order chi connectivity index (χ1) is 9.70. The molecule has 2 fully saturated rings. The number of hydrogen-bond donors (Lipinski definition) is 2. The predicted octanol–water partition coefficient (Wildman–Crippen LogP) is 1.19. The molecule has 4 rings (SSSR count). The molecule has 1 aliphatic carbocycles. The summed E-state index contributed by atoms with van der Waals surface area (Å²) in [5.74, 6) is 1.75. The fraction of sp³-hybridized carbons (Fsp3) is 0.571. The molecule has 6 heteroatoms. The van der Waals surface area contributed by atoms with Crippen LogP contribution in [-0.4, -0.2) is 39.2 Å². The van der Waals surface area contributed by atoms with Crippen molar-refractivity contribution in [2.24, 2.45) is 11.8 Å². The number of likely N-dealkylation sites (tertiary alicyclic amines) is 1. The van der Waals surface area contributed by atoms with Gasteiger partial charge in [-0.05, 0) is 30.2 Å². The molecule has 2 aliphatic rings. The zero-order valence-electron chi connectivity index (χ0n) is 11.1. The zero-order valence-corrected chi connectivity index (χ0v) is 11.9. The van der Waals surface area contributed by atoms with E-state index < -0.39 is 0 Å². The van der Waals surface area contributed by atoms with E-state index in [1.54, 1.807) is 0 Å². The summed E-state index contributed by atoms with van der Waals surface area (Å²) in [7, 11) is 0. The van der Waals surface area contributed by atoms with Gasteiger partial charge in [-0.2, -0.15) is 0 Å². The molecule has 3 atom stereocenters. The molecule has 2 aromatic rings. The lowest BCUT2D eigenvalue weighted by atomic mass is 10.00. The summed E-state index contributed by atoms with van der Waals surface area (Å²) < 4.78 is 0.697. The number of fused-ring (bicyclic) bond motifs is 2. The number of thiophene rings is 1. The van der Waals surface area contributed by atoms with Gasteiger partial charge in [0, 0.05) is 19.0 Å². The highest BCUT2D eigenvalue weighted by molar-refractivity contribution is 7.17. The third kappa shape index (κ3) is 1.99. The van der Waals surface area contributed by atoms with Crippen molar-refractivity contribution in [3.63, 3.8) is 0 Å². The summed E-state index contributed by atoms with van der Waals surface area (Å²) in [5.41, 5.74) is 0.743. The van der Waals surface area contributed by atoms with E-state index in [4.69, 9.17) is 0 Å². The number of aliphatic hydroxyl groups is 1. The lowest BCUT2D eigenvalue weighted by Crippen LogP contribution is -2.26. The van der Waals surface area contributed by atoms with Crippen LogP contribution in [0.5, 0.6) is 0 Å². The normalized spacial score (nSPS) is 30.1. The highest BCUT2D eigenvalue weighted by Gasteiger charge is 2.41. The van der Waals surface area contributed by atoms with Crippen molar-refractivity contribution in [2.75, 3.05) is 13.1 Å². The van der Waals surface area contributed by atoms with Gasteiger partial charge in [0.1, 0.15) is 10.5 Å². The smallest absolute Gasteiger partial charge is 0.268 e. The average molecular weight is 291 g/mol. The van der Waals surface area contributed by atoms with E-state index >= 15 is 0 Å². The lowest BCUT2D eigenvalue weighted by molar-refractivity contribution is 0.123. The van der Waals surface area contributed by atoms with Gasteiger partial charge in [-0.3, -0.25) is 9.69 Å². The fourth-order valence-corrected chi connectivity index (χ4v) is 4.39. The van der Waals surface area contributed by atoms with Crippen LogP contribution in [0, 0.1) is 11.8 Å². The summed E-state index contributed by atoms with van der Waals surface area (Å²) in [6.07, 6.45) is 1.92. The molecule has 2 aromatic heterocycles. The monoisotopic (exact) mass is 291 g/mol. The first-order valence-corrected chi connectivity index (χ1v) is 7.95. The van der Waals surface area contributed by atoms with Crippen molar-refractivity contribution in [3.05, 3.63) is 27.6 Å². The Morgan fingerprint density at radius 2 is 2.35 bits per heavy atom. The molecule has 1 saturated carbocycles. The van der Waals surface area contributed by atoms with Crippen LogP contribution >= 0.6 is 11.3 Å². The van der Waals surface area contributed by atoms with Gasteiger partial charge in [0.25, 0.3) is 5.56 Å². The minimum Gasteiger partial charge on any atom is -0.393 e. The van der Waals surface area contributed by atoms with Crippen molar-refractivity contribution >= 4 is 21.6 Å². The molecule has 0 spiro atoms. The van der Waals surface area contributed by atoms with Gasteiger partial charge in [0.15, 0.2) is 0 Å².